The molecule has 0 atom stereocenters. The fourth-order valence-corrected chi connectivity index (χ4v) is 6.48. The number of carbonyl (C=O) groups excluding carboxylic acids is 1. The van der Waals surface area contributed by atoms with Crippen LogP contribution in [0.25, 0.3) is 0 Å². The summed E-state index contributed by atoms with van der Waals surface area (Å²) >= 11 is 2.96. The van der Waals surface area contributed by atoms with Gasteiger partial charge in [0.2, 0.25) is 0 Å². The van der Waals surface area contributed by atoms with Gasteiger partial charge in [-0.05, 0) is 66.7 Å². The Balaban J connectivity index is 1.60. The second-order valence-electron chi connectivity index (χ2n) is 8.38. The van der Waals surface area contributed by atoms with Crippen molar-refractivity contribution in [1.29, 1.82) is 5.26 Å². The molecule has 1 N–H and O–H groups in total. The number of methoxy groups -OCH3 is 1. The van der Waals surface area contributed by atoms with Gasteiger partial charge >= 0.3 is 0 Å². The van der Waals surface area contributed by atoms with E-state index < -0.39 is 0 Å². The molecule has 9 heteroatoms. The smallest absolute Gasteiger partial charge is 0.269 e. The zero-order chi connectivity index (χ0) is 25.9. The van der Waals surface area contributed by atoms with E-state index in [0.717, 1.165) is 32.6 Å². The highest BCUT2D eigenvalue weighted by atomic mass is 32.2. The summed E-state index contributed by atoms with van der Waals surface area (Å²) in [7, 11) is 3.61. The summed E-state index contributed by atoms with van der Waals surface area (Å²) in [6.45, 7) is 3.05. The quantitative estimate of drug-likeness (QED) is 0.384. The fraction of sp³-hybridized carbons (Fsp3) is 0.179. The van der Waals surface area contributed by atoms with Crippen molar-refractivity contribution in [2.45, 2.75) is 18.4 Å². The number of fused-ring (bicyclic) bond motifs is 1. The van der Waals surface area contributed by atoms with Crippen LogP contribution in [0.1, 0.15) is 18.1 Å². The third kappa shape index (κ3) is 4.90. The Morgan fingerprint density at radius 2 is 1.92 bits per heavy atom. The Bertz CT molecular complexity index is 1480. The average molecular weight is 528 g/mol. The summed E-state index contributed by atoms with van der Waals surface area (Å²) in [6.07, 6.45) is 0. The van der Waals surface area contributed by atoms with Gasteiger partial charge in [0.1, 0.15) is 10.7 Å². The fourth-order valence-electron chi connectivity index (χ4n) is 4.15. The third-order valence-corrected chi connectivity index (χ3v) is 8.41. The van der Waals surface area contributed by atoms with Crippen LogP contribution in [0.2, 0.25) is 0 Å². The third-order valence-electron chi connectivity index (χ3n) is 5.98. The predicted octanol–water partition coefficient (Wildman–Crippen LogP) is 6.17. The maximum absolute atomic E-state index is 13.9. The summed E-state index contributed by atoms with van der Waals surface area (Å²) in [5.74, 6) is 0.627. The van der Waals surface area contributed by atoms with Gasteiger partial charge in [-0.15, -0.1) is 0 Å². The van der Waals surface area contributed by atoms with Gasteiger partial charge in [0.25, 0.3) is 5.91 Å². The van der Waals surface area contributed by atoms with E-state index in [2.05, 4.69) is 28.4 Å². The van der Waals surface area contributed by atoms with Crippen LogP contribution in [0.5, 0.6) is 5.75 Å². The number of thioether (sulfide) groups is 2. The Kier molecular flexibility index (Phi) is 7.12. The highest BCUT2D eigenvalue weighted by molar-refractivity contribution is 8.19. The van der Waals surface area contributed by atoms with Gasteiger partial charge in [-0.25, -0.2) is 4.99 Å². The van der Waals surface area contributed by atoms with Gasteiger partial charge in [-0.3, -0.25) is 9.69 Å². The van der Waals surface area contributed by atoms with Crippen molar-refractivity contribution in [3.8, 4) is 11.8 Å². The number of nitriles is 1. The summed E-state index contributed by atoms with van der Waals surface area (Å²) < 4.78 is 5.39. The van der Waals surface area contributed by atoms with E-state index in [1.807, 2.05) is 56.4 Å². The number of para-hydroxylation sites is 1. The molecule has 5 rings (SSSR count). The van der Waals surface area contributed by atoms with Gasteiger partial charge in [-0.1, -0.05) is 36.0 Å². The van der Waals surface area contributed by atoms with Crippen LogP contribution in [0.15, 0.2) is 86.6 Å². The molecule has 0 radical (unpaired) electrons. The van der Waals surface area contributed by atoms with E-state index in [0.29, 0.717) is 34.4 Å². The second-order valence-corrected chi connectivity index (χ2v) is 10.4. The Morgan fingerprint density at radius 3 is 2.68 bits per heavy atom. The van der Waals surface area contributed by atoms with Gasteiger partial charge in [0.05, 0.1) is 47.4 Å². The lowest BCUT2D eigenvalue weighted by Gasteiger charge is -2.17. The number of nitrogens with one attached hydrogen (secondary N) is 1. The van der Waals surface area contributed by atoms with Crippen LogP contribution in [0.4, 0.5) is 17.1 Å². The molecule has 186 valence electrons. The molecule has 0 unspecified atom stereocenters. The maximum atomic E-state index is 13.9. The van der Waals surface area contributed by atoms with Crippen LogP contribution >= 0.6 is 23.5 Å². The van der Waals surface area contributed by atoms with E-state index in [9.17, 15) is 10.1 Å². The molecule has 2 aliphatic heterocycles. The molecule has 1 saturated heterocycles. The van der Waals surface area contributed by atoms with Crippen molar-refractivity contribution in [1.82, 2.24) is 4.90 Å². The summed E-state index contributed by atoms with van der Waals surface area (Å²) in [5.41, 5.74) is 3.94. The number of amides is 1. The Labute approximate surface area is 224 Å². The van der Waals surface area contributed by atoms with E-state index in [1.54, 1.807) is 35.9 Å². The van der Waals surface area contributed by atoms with Gasteiger partial charge in [-0.2, -0.15) is 5.26 Å². The maximum Gasteiger partial charge on any atom is 0.269 e. The molecule has 0 spiro atoms. The first kappa shape index (κ1) is 24.8. The van der Waals surface area contributed by atoms with E-state index >= 15 is 0 Å². The van der Waals surface area contributed by atoms with Crippen molar-refractivity contribution in [3.05, 3.63) is 87.8 Å². The highest BCUT2D eigenvalue weighted by Gasteiger charge is 2.39. The minimum atomic E-state index is -0.102. The van der Waals surface area contributed by atoms with E-state index in [1.165, 1.54) is 11.8 Å². The van der Waals surface area contributed by atoms with Crippen LogP contribution in [-0.4, -0.2) is 36.7 Å². The molecule has 3 aromatic carbocycles. The topological polar surface area (TPSA) is 81.0 Å². The number of anilines is 2. The molecule has 0 aliphatic carbocycles. The number of hydrogen-bond acceptors (Lipinski definition) is 8. The number of nitrogens with zero attached hydrogens (tertiary/aromatic N) is 4. The average Bonchev–Trinajstić information content (AvgIpc) is 3.41. The molecule has 0 saturated carbocycles. The number of hydrogen-bond donors (Lipinski definition) is 1. The number of benzene rings is 3. The monoisotopic (exact) mass is 527 g/mol. The van der Waals surface area contributed by atoms with E-state index in [-0.39, 0.29) is 5.91 Å². The summed E-state index contributed by atoms with van der Waals surface area (Å²) in [4.78, 5) is 24.3. The van der Waals surface area contributed by atoms with E-state index in [4.69, 9.17) is 9.73 Å². The predicted molar refractivity (Wildman–Crippen MR) is 151 cm³/mol. The SMILES string of the molecule is CCNc1ccc(C#N)cc1/N=C1\S/C(=C2\Sc3ccccc3N2C)C(=O)N1Cc1cccc(OC)c1. The molecule has 37 heavy (non-hydrogen) atoms. The molecule has 2 aliphatic rings. The van der Waals surface area contributed by atoms with Gasteiger partial charge in [0, 0.05) is 18.5 Å². The van der Waals surface area contributed by atoms with Crippen molar-refractivity contribution in [2.24, 2.45) is 4.99 Å². The van der Waals surface area contributed by atoms with Crippen LogP contribution in [-0.2, 0) is 11.3 Å². The van der Waals surface area contributed by atoms with Gasteiger partial charge < -0.3 is 15.0 Å². The Morgan fingerprint density at radius 1 is 1.08 bits per heavy atom. The van der Waals surface area contributed by atoms with Crippen molar-refractivity contribution in [2.75, 3.05) is 30.9 Å². The number of rotatable bonds is 6. The highest BCUT2D eigenvalue weighted by Crippen LogP contribution is 2.50. The number of aliphatic imine (C=N–C) groups is 1. The molecule has 0 bridgehead atoms. The summed E-state index contributed by atoms with van der Waals surface area (Å²) in [5, 5.41) is 14.2. The first-order valence-electron chi connectivity index (χ1n) is 11.8. The van der Waals surface area contributed by atoms with Crippen LogP contribution in [0, 0.1) is 11.3 Å². The molecule has 2 heterocycles. The summed E-state index contributed by atoms with van der Waals surface area (Å²) in [6, 6.07) is 23.4. The lowest BCUT2D eigenvalue weighted by atomic mass is 10.2. The molecule has 1 fully saturated rings. The molecule has 3 aromatic rings. The zero-order valence-corrected chi connectivity index (χ0v) is 22.3. The molecular formula is C28H25N5O2S2. The van der Waals surface area contributed by atoms with Crippen LogP contribution in [0.3, 0.4) is 0 Å². The second kappa shape index (κ2) is 10.6. The van der Waals surface area contributed by atoms with Crippen molar-refractivity contribution < 1.29 is 9.53 Å². The molecule has 0 aromatic heterocycles. The van der Waals surface area contributed by atoms with Crippen molar-refractivity contribution in [3.63, 3.8) is 0 Å². The first-order chi connectivity index (χ1) is 18.0. The number of amidine groups is 1. The zero-order valence-electron chi connectivity index (χ0n) is 20.7. The van der Waals surface area contributed by atoms with Gasteiger partial charge in [0.15, 0.2) is 5.17 Å². The number of ether oxygens (including phenoxy) is 1. The first-order valence-corrected chi connectivity index (χ1v) is 13.4. The lowest BCUT2D eigenvalue weighted by molar-refractivity contribution is -0.122. The largest absolute Gasteiger partial charge is 0.497 e. The van der Waals surface area contributed by atoms with Crippen LogP contribution < -0.4 is 15.0 Å². The normalized spacial score (nSPS) is 17.8. The lowest BCUT2D eigenvalue weighted by Crippen LogP contribution is -2.29. The standard InChI is InChI=1S/C28H25N5O2S2/c1-4-30-21-13-12-18(16-29)15-22(21)31-28-33(17-19-8-7-9-20(14-19)35-3)26(34)25(37-28)27-32(2)23-10-5-6-11-24(23)36-27/h5-15,30H,4,17H2,1-3H3/b27-25-,31-28-. The molecule has 1 amide bonds. The molecular weight excluding hydrogens is 502 g/mol. The minimum absolute atomic E-state index is 0.102. The minimum Gasteiger partial charge on any atom is -0.497 e. The molecule has 7 nitrogen and oxygen atoms in total. The van der Waals surface area contributed by atoms with Crippen molar-refractivity contribution >= 4 is 51.7 Å². The Hall–Kier alpha value is -3.87. The number of carbonyl (C=O) groups is 1.